The molecule has 1 aliphatic rings. The summed E-state index contributed by atoms with van der Waals surface area (Å²) >= 11 is 0. The standard InChI is InChI=1S/C19H26N2O/c1-14-7-8-15-9-12-20-13-10-17(15)16(14)6-5-11-21-18(22)19(2,3)4/h7-8,20H,9-13H2,1-4H3,(H,21,22). The lowest BCUT2D eigenvalue weighted by Crippen LogP contribution is -2.34. The van der Waals surface area contributed by atoms with Crippen molar-refractivity contribution in [3.63, 3.8) is 0 Å². The Labute approximate surface area is 133 Å². The molecule has 0 fully saturated rings. The second-order valence-corrected chi connectivity index (χ2v) is 6.88. The van der Waals surface area contributed by atoms with Crippen molar-refractivity contribution in [1.82, 2.24) is 10.6 Å². The number of aryl methyl sites for hydroxylation is 1. The monoisotopic (exact) mass is 298 g/mol. The smallest absolute Gasteiger partial charge is 0.226 e. The number of benzene rings is 1. The van der Waals surface area contributed by atoms with Gasteiger partial charge in [0.15, 0.2) is 0 Å². The molecule has 0 spiro atoms. The SMILES string of the molecule is Cc1ccc2c(c1C#CCNC(=O)C(C)(C)C)CCNCC2. The summed E-state index contributed by atoms with van der Waals surface area (Å²) in [5.74, 6) is 6.43. The van der Waals surface area contributed by atoms with E-state index in [9.17, 15) is 4.79 Å². The number of nitrogens with one attached hydrogen (secondary N) is 2. The lowest BCUT2D eigenvalue weighted by molar-refractivity contribution is -0.128. The van der Waals surface area contributed by atoms with Gasteiger partial charge in [-0.1, -0.05) is 44.7 Å². The molecule has 1 aromatic carbocycles. The first-order valence-electron chi connectivity index (χ1n) is 7.99. The van der Waals surface area contributed by atoms with Gasteiger partial charge in [-0.2, -0.15) is 0 Å². The molecule has 0 unspecified atom stereocenters. The fourth-order valence-corrected chi connectivity index (χ4v) is 2.59. The van der Waals surface area contributed by atoms with E-state index in [1.165, 1.54) is 16.7 Å². The Morgan fingerprint density at radius 3 is 2.73 bits per heavy atom. The Kier molecular flexibility index (Phi) is 5.26. The molecule has 1 aliphatic heterocycles. The molecule has 0 aliphatic carbocycles. The van der Waals surface area contributed by atoms with E-state index < -0.39 is 0 Å². The number of hydrogen-bond donors (Lipinski definition) is 2. The predicted molar refractivity (Wildman–Crippen MR) is 90.8 cm³/mol. The van der Waals surface area contributed by atoms with Crippen LogP contribution in [0.15, 0.2) is 12.1 Å². The van der Waals surface area contributed by atoms with Crippen molar-refractivity contribution in [2.45, 2.75) is 40.5 Å². The van der Waals surface area contributed by atoms with Gasteiger partial charge in [0.2, 0.25) is 5.91 Å². The highest BCUT2D eigenvalue weighted by atomic mass is 16.2. The summed E-state index contributed by atoms with van der Waals surface area (Å²) in [5, 5.41) is 6.31. The molecule has 0 saturated carbocycles. The fourth-order valence-electron chi connectivity index (χ4n) is 2.59. The highest BCUT2D eigenvalue weighted by molar-refractivity contribution is 5.81. The van der Waals surface area contributed by atoms with Crippen LogP contribution < -0.4 is 10.6 Å². The van der Waals surface area contributed by atoms with Crippen LogP contribution in [0.5, 0.6) is 0 Å². The molecule has 22 heavy (non-hydrogen) atoms. The van der Waals surface area contributed by atoms with Crippen LogP contribution in [-0.4, -0.2) is 25.5 Å². The summed E-state index contributed by atoms with van der Waals surface area (Å²) < 4.78 is 0. The van der Waals surface area contributed by atoms with Crippen molar-refractivity contribution in [2.75, 3.05) is 19.6 Å². The maximum Gasteiger partial charge on any atom is 0.226 e. The number of carbonyl (C=O) groups is 1. The Morgan fingerprint density at radius 1 is 1.27 bits per heavy atom. The number of hydrogen-bond acceptors (Lipinski definition) is 2. The number of amides is 1. The molecule has 118 valence electrons. The van der Waals surface area contributed by atoms with Crippen LogP contribution in [0.2, 0.25) is 0 Å². The van der Waals surface area contributed by atoms with Crippen molar-refractivity contribution in [2.24, 2.45) is 5.41 Å². The molecule has 1 amide bonds. The van der Waals surface area contributed by atoms with Gasteiger partial charge in [0.05, 0.1) is 6.54 Å². The third kappa shape index (κ3) is 4.11. The molecule has 2 rings (SSSR count). The Bertz CT molecular complexity index is 615. The van der Waals surface area contributed by atoms with Crippen molar-refractivity contribution in [3.05, 3.63) is 34.4 Å². The first-order valence-corrected chi connectivity index (χ1v) is 7.99. The van der Waals surface area contributed by atoms with Crippen LogP contribution in [0.1, 0.15) is 43.0 Å². The minimum Gasteiger partial charge on any atom is -0.345 e. The first-order chi connectivity index (χ1) is 10.4. The second-order valence-electron chi connectivity index (χ2n) is 6.88. The van der Waals surface area contributed by atoms with E-state index in [0.717, 1.165) is 31.5 Å². The van der Waals surface area contributed by atoms with E-state index in [-0.39, 0.29) is 11.3 Å². The van der Waals surface area contributed by atoms with Crippen molar-refractivity contribution in [3.8, 4) is 11.8 Å². The molecule has 1 aromatic rings. The van der Waals surface area contributed by atoms with Crippen molar-refractivity contribution >= 4 is 5.91 Å². The largest absolute Gasteiger partial charge is 0.345 e. The van der Waals surface area contributed by atoms with Crippen molar-refractivity contribution in [1.29, 1.82) is 0 Å². The van der Waals surface area contributed by atoms with Crippen LogP contribution in [-0.2, 0) is 17.6 Å². The molecule has 0 radical (unpaired) electrons. The van der Waals surface area contributed by atoms with Gasteiger partial charge in [-0.15, -0.1) is 0 Å². The molecule has 3 heteroatoms. The molecule has 0 aromatic heterocycles. The number of rotatable bonds is 1. The summed E-state index contributed by atoms with van der Waals surface area (Å²) in [6.07, 6.45) is 2.08. The minimum atomic E-state index is -0.368. The first kappa shape index (κ1) is 16.6. The van der Waals surface area contributed by atoms with Gasteiger partial charge < -0.3 is 10.6 Å². The predicted octanol–water partition coefficient (Wildman–Crippen LogP) is 2.20. The summed E-state index contributed by atoms with van der Waals surface area (Å²) in [6.45, 7) is 10.3. The van der Waals surface area contributed by atoms with Gasteiger partial charge in [-0.3, -0.25) is 4.79 Å². The molecule has 1 heterocycles. The Morgan fingerprint density at radius 2 is 2.00 bits per heavy atom. The van der Waals surface area contributed by atoms with Crippen LogP contribution in [0.3, 0.4) is 0 Å². The topological polar surface area (TPSA) is 41.1 Å². The number of fused-ring (bicyclic) bond motifs is 1. The van der Waals surface area contributed by atoms with Crippen LogP contribution >= 0.6 is 0 Å². The molecular formula is C19H26N2O. The summed E-state index contributed by atoms with van der Waals surface area (Å²) in [6, 6.07) is 4.38. The fraction of sp³-hybridized carbons (Fsp3) is 0.526. The van der Waals surface area contributed by atoms with Crippen LogP contribution in [0.25, 0.3) is 0 Å². The zero-order valence-electron chi connectivity index (χ0n) is 14.1. The third-order valence-electron chi connectivity index (χ3n) is 3.97. The maximum absolute atomic E-state index is 11.8. The Balaban J connectivity index is 2.14. The number of carbonyl (C=O) groups excluding carboxylic acids is 1. The zero-order valence-corrected chi connectivity index (χ0v) is 14.1. The van der Waals surface area contributed by atoms with E-state index in [4.69, 9.17) is 0 Å². The van der Waals surface area contributed by atoms with Crippen LogP contribution in [0.4, 0.5) is 0 Å². The Hall–Kier alpha value is -1.79. The molecule has 0 saturated heterocycles. The van der Waals surface area contributed by atoms with Gasteiger partial charge in [-0.05, 0) is 49.5 Å². The minimum absolute atomic E-state index is 0.0367. The lowest BCUT2D eigenvalue weighted by atomic mass is 9.93. The van der Waals surface area contributed by atoms with E-state index in [2.05, 4.69) is 41.5 Å². The van der Waals surface area contributed by atoms with Gasteiger partial charge in [0.25, 0.3) is 0 Å². The highest BCUT2D eigenvalue weighted by Crippen LogP contribution is 2.20. The molecule has 2 N–H and O–H groups in total. The molecule has 3 nitrogen and oxygen atoms in total. The van der Waals surface area contributed by atoms with Gasteiger partial charge in [-0.25, -0.2) is 0 Å². The lowest BCUT2D eigenvalue weighted by Gasteiger charge is -2.16. The summed E-state index contributed by atoms with van der Waals surface area (Å²) in [4.78, 5) is 11.8. The normalized spacial score (nSPS) is 14.4. The highest BCUT2D eigenvalue weighted by Gasteiger charge is 2.20. The zero-order chi connectivity index (χ0) is 16.2. The van der Waals surface area contributed by atoms with Gasteiger partial charge in [0, 0.05) is 11.0 Å². The van der Waals surface area contributed by atoms with E-state index in [1.54, 1.807) is 0 Å². The van der Waals surface area contributed by atoms with Gasteiger partial charge in [0.1, 0.15) is 0 Å². The van der Waals surface area contributed by atoms with Gasteiger partial charge >= 0.3 is 0 Å². The molecular weight excluding hydrogens is 272 g/mol. The van der Waals surface area contributed by atoms with Crippen molar-refractivity contribution < 1.29 is 4.79 Å². The average Bonchev–Trinajstić information content (AvgIpc) is 2.69. The second kappa shape index (κ2) is 6.98. The van der Waals surface area contributed by atoms with E-state index in [0.29, 0.717) is 6.54 Å². The molecule has 0 atom stereocenters. The summed E-state index contributed by atoms with van der Waals surface area (Å²) in [7, 11) is 0. The summed E-state index contributed by atoms with van der Waals surface area (Å²) in [5.41, 5.74) is 4.77. The van der Waals surface area contributed by atoms with Crippen LogP contribution in [0, 0.1) is 24.2 Å². The average molecular weight is 298 g/mol. The van der Waals surface area contributed by atoms with E-state index in [1.807, 2.05) is 20.8 Å². The molecule has 0 bridgehead atoms. The quantitative estimate of drug-likeness (QED) is 0.780. The maximum atomic E-state index is 11.8. The van der Waals surface area contributed by atoms with E-state index >= 15 is 0 Å². The third-order valence-corrected chi connectivity index (χ3v) is 3.97.